The van der Waals surface area contributed by atoms with E-state index >= 15 is 0 Å². The fraction of sp³-hybridized carbons (Fsp3) is 0.200. The van der Waals surface area contributed by atoms with Gasteiger partial charge in [0.2, 0.25) is 5.69 Å². The van der Waals surface area contributed by atoms with E-state index in [-0.39, 0.29) is 0 Å². The molecule has 0 saturated heterocycles. The molecule has 0 aliphatic carbocycles. The first-order valence-electron chi connectivity index (χ1n) is 8.62. The molecule has 0 amide bonds. The summed E-state index contributed by atoms with van der Waals surface area (Å²) in [5.41, 5.74) is 5.56. The second-order valence-electron chi connectivity index (χ2n) is 5.77. The van der Waals surface area contributed by atoms with Crippen molar-refractivity contribution in [1.82, 2.24) is 4.98 Å². The minimum Gasteiger partial charge on any atom is -0.456 e. The standard InChI is InChI=1S/C20H19N2O/c1-4-14-6-7-16(22(3)12-14)19-13(2)5-8-18-20(19)15-11-21-10-9-17(15)23-18/h5-12H,4H2,1-3H3/q+1/i4D2. The van der Waals surface area contributed by atoms with E-state index in [2.05, 4.69) is 18.0 Å². The summed E-state index contributed by atoms with van der Waals surface area (Å²) in [7, 11) is 1.95. The van der Waals surface area contributed by atoms with Gasteiger partial charge in [-0.1, -0.05) is 13.0 Å². The molecule has 23 heavy (non-hydrogen) atoms. The number of pyridine rings is 2. The Morgan fingerprint density at radius 2 is 2.04 bits per heavy atom. The lowest BCUT2D eigenvalue weighted by atomic mass is 9.98. The third-order valence-corrected chi connectivity index (χ3v) is 4.32. The molecular weight excluding hydrogens is 284 g/mol. The average molecular weight is 305 g/mol. The molecule has 1 aromatic carbocycles. The van der Waals surface area contributed by atoms with Crippen LogP contribution in [0.4, 0.5) is 0 Å². The highest BCUT2D eigenvalue weighted by molar-refractivity contribution is 6.12. The third kappa shape index (κ3) is 2.12. The molecule has 0 saturated carbocycles. The topological polar surface area (TPSA) is 29.9 Å². The average Bonchev–Trinajstić information content (AvgIpc) is 2.93. The lowest BCUT2D eigenvalue weighted by Crippen LogP contribution is -2.31. The Balaban J connectivity index is 2.06. The van der Waals surface area contributed by atoms with Gasteiger partial charge in [0.1, 0.15) is 18.2 Å². The monoisotopic (exact) mass is 305 g/mol. The van der Waals surface area contributed by atoms with Crippen molar-refractivity contribution in [3.63, 3.8) is 0 Å². The molecule has 4 rings (SSSR count). The van der Waals surface area contributed by atoms with Gasteiger partial charge in [-0.3, -0.25) is 4.98 Å². The molecule has 0 aliphatic rings. The van der Waals surface area contributed by atoms with E-state index in [0.717, 1.165) is 38.8 Å². The van der Waals surface area contributed by atoms with Gasteiger partial charge in [-0.05, 0) is 37.1 Å². The Morgan fingerprint density at radius 3 is 2.83 bits per heavy atom. The number of aryl methyl sites for hydroxylation is 3. The maximum atomic E-state index is 7.93. The molecule has 0 aliphatic heterocycles. The number of hydrogen-bond donors (Lipinski definition) is 0. The highest BCUT2D eigenvalue weighted by Crippen LogP contribution is 2.37. The molecule has 0 unspecified atom stereocenters. The predicted molar refractivity (Wildman–Crippen MR) is 92.2 cm³/mol. The number of hydrogen-bond acceptors (Lipinski definition) is 2. The second kappa shape index (κ2) is 5.20. The van der Waals surface area contributed by atoms with E-state index in [1.54, 1.807) is 13.1 Å². The second-order valence-corrected chi connectivity index (χ2v) is 5.77. The summed E-state index contributed by atoms with van der Waals surface area (Å²) in [5, 5.41) is 2.04. The first kappa shape index (κ1) is 11.8. The predicted octanol–water partition coefficient (Wildman–Crippen LogP) is 4.34. The van der Waals surface area contributed by atoms with Crippen molar-refractivity contribution in [3.05, 3.63) is 60.0 Å². The van der Waals surface area contributed by atoms with Crippen molar-refractivity contribution < 1.29 is 11.7 Å². The SMILES string of the molecule is [2H]C([2H])(C)c1ccc(-c2c(C)ccc3oc4ccncc4c23)[n+](C)c1. The molecule has 3 nitrogen and oxygen atoms in total. The molecule has 3 heteroatoms. The highest BCUT2D eigenvalue weighted by Gasteiger charge is 2.20. The van der Waals surface area contributed by atoms with E-state index in [1.807, 2.05) is 48.3 Å². The summed E-state index contributed by atoms with van der Waals surface area (Å²) in [5.74, 6) is 0. The van der Waals surface area contributed by atoms with Crippen molar-refractivity contribution in [1.29, 1.82) is 0 Å². The van der Waals surface area contributed by atoms with Gasteiger partial charge < -0.3 is 4.42 Å². The van der Waals surface area contributed by atoms with Crippen LogP contribution in [0.3, 0.4) is 0 Å². The quantitative estimate of drug-likeness (QED) is 0.516. The molecular formula is C20H19N2O+. The van der Waals surface area contributed by atoms with Gasteiger partial charge in [0.05, 0.1) is 5.56 Å². The van der Waals surface area contributed by atoms with Crippen LogP contribution in [-0.4, -0.2) is 4.98 Å². The Hall–Kier alpha value is -2.68. The Morgan fingerprint density at radius 1 is 1.17 bits per heavy atom. The number of rotatable bonds is 2. The van der Waals surface area contributed by atoms with Crippen LogP contribution in [0.1, 0.15) is 20.8 Å². The Labute approximate surface area is 138 Å². The minimum atomic E-state index is -1.37. The molecule has 3 heterocycles. The fourth-order valence-electron chi connectivity index (χ4n) is 3.16. The van der Waals surface area contributed by atoms with Gasteiger partial charge in [0.25, 0.3) is 0 Å². The van der Waals surface area contributed by atoms with E-state index in [4.69, 9.17) is 7.16 Å². The van der Waals surface area contributed by atoms with Crippen LogP contribution in [0.15, 0.2) is 53.3 Å². The van der Waals surface area contributed by atoms with Crippen molar-refractivity contribution in [2.45, 2.75) is 20.2 Å². The van der Waals surface area contributed by atoms with Crippen molar-refractivity contribution >= 4 is 21.9 Å². The van der Waals surface area contributed by atoms with Crippen molar-refractivity contribution in [2.24, 2.45) is 7.05 Å². The summed E-state index contributed by atoms with van der Waals surface area (Å²) in [4.78, 5) is 4.25. The van der Waals surface area contributed by atoms with Crippen molar-refractivity contribution in [2.75, 3.05) is 0 Å². The minimum absolute atomic E-state index is 0.655. The van der Waals surface area contributed by atoms with E-state index < -0.39 is 6.37 Å². The molecule has 0 bridgehead atoms. The molecule has 0 radical (unpaired) electrons. The van der Waals surface area contributed by atoms with Gasteiger partial charge in [-0.15, -0.1) is 0 Å². The van der Waals surface area contributed by atoms with Crippen LogP contribution in [0, 0.1) is 6.92 Å². The zero-order valence-electron chi connectivity index (χ0n) is 15.4. The van der Waals surface area contributed by atoms with Gasteiger partial charge in [0, 0.05) is 37.5 Å². The lowest BCUT2D eigenvalue weighted by Gasteiger charge is -2.07. The normalized spacial score (nSPS) is 13.3. The lowest BCUT2D eigenvalue weighted by molar-refractivity contribution is -0.660. The summed E-state index contributed by atoms with van der Waals surface area (Å²) in [6, 6.07) is 9.76. The summed E-state index contributed by atoms with van der Waals surface area (Å²) < 4.78 is 23.8. The fourth-order valence-corrected chi connectivity index (χ4v) is 3.16. The van der Waals surface area contributed by atoms with Gasteiger partial charge >= 0.3 is 0 Å². The molecule has 114 valence electrons. The first-order chi connectivity index (χ1) is 11.9. The molecule has 0 spiro atoms. The molecule has 0 fully saturated rings. The first-order valence-corrected chi connectivity index (χ1v) is 7.62. The van der Waals surface area contributed by atoms with Gasteiger partial charge in [0.15, 0.2) is 6.20 Å². The number of fused-ring (bicyclic) bond motifs is 3. The van der Waals surface area contributed by atoms with E-state index in [9.17, 15) is 0 Å². The Bertz CT molecular complexity index is 1110. The smallest absolute Gasteiger partial charge is 0.213 e. The maximum Gasteiger partial charge on any atom is 0.213 e. The van der Waals surface area contributed by atoms with E-state index in [0.29, 0.717) is 5.56 Å². The van der Waals surface area contributed by atoms with Crippen LogP contribution in [-0.2, 0) is 13.4 Å². The zero-order valence-corrected chi connectivity index (χ0v) is 13.4. The van der Waals surface area contributed by atoms with Crippen LogP contribution in [0.5, 0.6) is 0 Å². The Kier molecular flexibility index (Phi) is 2.67. The van der Waals surface area contributed by atoms with Crippen LogP contribution in [0.2, 0.25) is 0 Å². The van der Waals surface area contributed by atoms with Gasteiger partial charge in [-0.25, -0.2) is 4.57 Å². The van der Waals surface area contributed by atoms with Crippen molar-refractivity contribution in [3.8, 4) is 11.3 Å². The highest BCUT2D eigenvalue weighted by atomic mass is 16.3. The molecule has 4 aromatic rings. The number of nitrogens with zero attached hydrogens (tertiary/aromatic N) is 2. The zero-order chi connectivity index (χ0) is 17.8. The maximum absolute atomic E-state index is 7.93. The molecule has 0 atom stereocenters. The molecule has 3 aromatic heterocycles. The van der Waals surface area contributed by atoms with Crippen LogP contribution in [0.25, 0.3) is 33.2 Å². The molecule has 0 N–H and O–H groups in total. The largest absolute Gasteiger partial charge is 0.456 e. The van der Waals surface area contributed by atoms with Crippen LogP contribution < -0.4 is 4.57 Å². The van der Waals surface area contributed by atoms with Gasteiger partial charge in [-0.2, -0.15) is 0 Å². The summed E-state index contributed by atoms with van der Waals surface area (Å²) >= 11 is 0. The third-order valence-electron chi connectivity index (χ3n) is 4.32. The van der Waals surface area contributed by atoms with Crippen LogP contribution >= 0.6 is 0 Å². The number of aromatic nitrogens is 2. The summed E-state index contributed by atoms with van der Waals surface area (Å²) in [6.45, 7) is 3.65. The number of furan rings is 1. The summed E-state index contributed by atoms with van der Waals surface area (Å²) in [6.07, 6.45) is 4.05. The van der Waals surface area contributed by atoms with E-state index in [1.165, 1.54) is 0 Å². The number of benzene rings is 1.